The number of rotatable bonds is 5. The van der Waals surface area contributed by atoms with E-state index in [-0.39, 0.29) is 11.9 Å². The lowest BCUT2D eigenvalue weighted by molar-refractivity contribution is -0.117. The van der Waals surface area contributed by atoms with Gasteiger partial charge in [0.25, 0.3) is 0 Å². The fourth-order valence-corrected chi connectivity index (χ4v) is 2.40. The van der Waals surface area contributed by atoms with Gasteiger partial charge in [-0.25, -0.2) is 4.98 Å². The Morgan fingerprint density at radius 1 is 1.63 bits per heavy atom. The lowest BCUT2D eigenvalue weighted by atomic mass is 10.2. The van der Waals surface area contributed by atoms with Crippen molar-refractivity contribution in [2.24, 2.45) is 0 Å². The van der Waals surface area contributed by atoms with Crippen LogP contribution in [0, 0.1) is 0 Å². The number of aromatic nitrogens is 1. The van der Waals surface area contributed by atoms with Gasteiger partial charge >= 0.3 is 0 Å². The van der Waals surface area contributed by atoms with Gasteiger partial charge in [-0.3, -0.25) is 4.79 Å². The number of nitrogens with one attached hydrogen (secondary N) is 1. The van der Waals surface area contributed by atoms with Gasteiger partial charge in [-0.1, -0.05) is 6.92 Å². The van der Waals surface area contributed by atoms with Crippen LogP contribution in [0.15, 0.2) is 34.3 Å². The fourth-order valence-electron chi connectivity index (χ4n) is 1.57. The molecule has 0 saturated carbocycles. The van der Waals surface area contributed by atoms with E-state index in [9.17, 15) is 4.79 Å². The molecule has 19 heavy (non-hydrogen) atoms. The Kier molecular flexibility index (Phi) is 4.52. The highest BCUT2D eigenvalue weighted by Crippen LogP contribution is 2.16. The Hall–Kier alpha value is -1.88. The lowest BCUT2D eigenvalue weighted by Gasteiger charge is -2.09. The molecule has 1 atom stereocenters. The highest BCUT2D eigenvalue weighted by Gasteiger charge is 2.11. The van der Waals surface area contributed by atoms with Crippen molar-refractivity contribution in [3.63, 3.8) is 0 Å². The number of carbonyl (C=O) groups excluding carboxylic acids is 1. The summed E-state index contributed by atoms with van der Waals surface area (Å²) < 4.78 is 5.11. The normalized spacial score (nSPS) is 12.7. The van der Waals surface area contributed by atoms with Gasteiger partial charge in [0.2, 0.25) is 5.91 Å². The van der Waals surface area contributed by atoms with Gasteiger partial charge in [-0.2, -0.15) is 0 Å². The summed E-state index contributed by atoms with van der Waals surface area (Å²) in [6.45, 7) is 3.99. The van der Waals surface area contributed by atoms with Crippen molar-refractivity contribution in [2.45, 2.75) is 26.3 Å². The second-order valence-corrected chi connectivity index (χ2v) is 5.04. The molecule has 5 heteroatoms. The van der Waals surface area contributed by atoms with Crippen LogP contribution >= 0.6 is 11.3 Å². The van der Waals surface area contributed by atoms with Gasteiger partial charge in [0.15, 0.2) is 0 Å². The highest BCUT2D eigenvalue weighted by atomic mass is 32.1. The van der Waals surface area contributed by atoms with Crippen molar-refractivity contribution in [3.05, 3.63) is 46.3 Å². The maximum atomic E-state index is 11.7. The van der Waals surface area contributed by atoms with Crippen molar-refractivity contribution in [1.82, 2.24) is 10.3 Å². The predicted octanol–water partition coefficient (Wildman–Crippen LogP) is 3.19. The van der Waals surface area contributed by atoms with Crippen LogP contribution in [-0.4, -0.2) is 10.9 Å². The van der Waals surface area contributed by atoms with Crippen LogP contribution in [0.3, 0.4) is 0 Å². The topological polar surface area (TPSA) is 55.1 Å². The van der Waals surface area contributed by atoms with E-state index in [4.69, 9.17) is 4.42 Å². The second-order valence-electron chi connectivity index (χ2n) is 4.10. The third-order valence-electron chi connectivity index (χ3n) is 2.62. The van der Waals surface area contributed by atoms with E-state index >= 15 is 0 Å². The van der Waals surface area contributed by atoms with E-state index in [1.54, 1.807) is 35.8 Å². The summed E-state index contributed by atoms with van der Waals surface area (Å²) in [7, 11) is 0. The molecule has 2 aromatic rings. The zero-order valence-electron chi connectivity index (χ0n) is 10.9. The Balaban J connectivity index is 1.91. The molecule has 0 aliphatic carbocycles. The van der Waals surface area contributed by atoms with E-state index in [1.807, 2.05) is 12.3 Å². The highest BCUT2D eigenvalue weighted by molar-refractivity contribution is 7.09. The summed E-state index contributed by atoms with van der Waals surface area (Å²) in [4.78, 5) is 16.2. The molecule has 0 radical (unpaired) electrons. The number of carbonyl (C=O) groups is 1. The first-order chi connectivity index (χ1) is 9.19. The van der Waals surface area contributed by atoms with Crippen LogP contribution in [-0.2, 0) is 11.2 Å². The van der Waals surface area contributed by atoms with Gasteiger partial charge in [0, 0.05) is 11.5 Å². The minimum Gasteiger partial charge on any atom is -0.465 e. The summed E-state index contributed by atoms with van der Waals surface area (Å²) in [5.41, 5.74) is 0.904. The lowest BCUT2D eigenvalue weighted by Crippen LogP contribution is -2.24. The Labute approximate surface area is 116 Å². The number of nitrogens with zero attached hydrogens (tertiary/aromatic N) is 1. The summed E-state index contributed by atoms with van der Waals surface area (Å²) >= 11 is 1.62. The van der Waals surface area contributed by atoms with Gasteiger partial charge in [0.1, 0.15) is 5.76 Å². The van der Waals surface area contributed by atoms with Crippen molar-refractivity contribution >= 4 is 23.3 Å². The van der Waals surface area contributed by atoms with E-state index in [2.05, 4.69) is 17.2 Å². The maximum Gasteiger partial charge on any atom is 0.244 e. The molecule has 0 bridgehead atoms. The number of aryl methyl sites for hydroxylation is 1. The smallest absolute Gasteiger partial charge is 0.244 e. The summed E-state index contributed by atoms with van der Waals surface area (Å²) in [5, 5.41) is 5.94. The molecule has 2 heterocycles. The molecule has 2 rings (SSSR count). The molecule has 2 aromatic heterocycles. The van der Waals surface area contributed by atoms with Gasteiger partial charge in [0.05, 0.1) is 23.0 Å². The standard InChI is InChI=1S/C14H16N2O2S/c1-3-14-16-12(9-19-14)10(2)15-13(17)7-6-11-5-4-8-18-11/h4-10H,3H2,1-2H3,(H,15,17)/b7-6-/t10-/m0/s1. The molecule has 100 valence electrons. The molecular weight excluding hydrogens is 260 g/mol. The molecule has 0 aliphatic heterocycles. The molecule has 0 aromatic carbocycles. The second kappa shape index (κ2) is 6.33. The first-order valence-corrected chi connectivity index (χ1v) is 7.03. The molecule has 0 fully saturated rings. The third-order valence-corrected chi connectivity index (χ3v) is 3.63. The largest absolute Gasteiger partial charge is 0.465 e. The monoisotopic (exact) mass is 276 g/mol. The number of hydrogen-bond acceptors (Lipinski definition) is 4. The van der Waals surface area contributed by atoms with E-state index in [1.165, 1.54) is 6.08 Å². The average Bonchev–Trinajstić information content (AvgIpc) is 3.07. The third kappa shape index (κ3) is 3.79. The maximum absolute atomic E-state index is 11.7. The first-order valence-electron chi connectivity index (χ1n) is 6.15. The van der Waals surface area contributed by atoms with Crippen molar-refractivity contribution in [2.75, 3.05) is 0 Å². The van der Waals surface area contributed by atoms with Crippen LogP contribution in [0.5, 0.6) is 0 Å². The van der Waals surface area contributed by atoms with Crippen molar-refractivity contribution in [3.8, 4) is 0 Å². The Morgan fingerprint density at radius 3 is 3.11 bits per heavy atom. The quantitative estimate of drug-likeness (QED) is 0.853. The molecule has 4 nitrogen and oxygen atoms in total. The number of thiazole rings is 1. The van der Waals surface area contributed by atoms with E-state index < -0.39 is 0 Å². The van der Waals surface area contributed by atoms with E-state index in [0.717, 1.165) is 17.1 Å². The number of furan rings is 1. The van der Waals surface area contributed by atoms with Gasteiger partial charge in [-0.05, 0) is 31.6 Å². The van der Waals surface area contributed by atoms with Crippen molar-refractivity contribution in [1.29, 1.82) is 0 Å². The fraction of sp³-hybridized carbons (Fsp3) is 0.286. The van der Waals surface area contributed by atoms with Crippen molar-refractivity contribution < 1.29 is 9.21 Å². The first kappa shape index (κ1) is 13.5. The SMILES string of the molecule is CCc1nc([C@H](C)NC(=O)/C=C\c2ccco2)cs1. The van der Waals surface area contributed by atoms with Gasteiger partial charge in [-0.15, -0.1) is 11.3 Å². The molecule has 0 unspecified atom stereocenters. The average molecular weight is 276 g/mol. The molecule has 0 spiro atoms. The minimum absolute atomic E-state index is 0.0923. The van der Waals surface area contributed by atoms with Crippen LogP contribution in [0.2, 0.25) is 0 Å². The minimum atomic E-state index is -0.157. The molecule has 0 saturated heterocycles. The molecular formula is C14H16N2O2S. The Bertz CT molecular complexity index is 558. The van der Waals surface area contributed by atoms with Gasteiger partial charge < -0.3 is 9.73 Å². The summed E-state index contributed by atoms with van der Waals surface area (Å²) in [6, 6.07) is 3.48. The van der Waals surface area contributed by atoms with E-state index in [0.29, 0.717) is 5.76 Å². The molecule has 1 amide bonds. The zero-order valence-corrected chi connectivity index (χ0v) is 11.7. The number of amides is 1. The van der Waals surface area contributed by atoms with Crippen LogP contribution < -0.4 is 5.32 Å². The summed E-state index contributed by atoms with van der Waals surface area (Å²) in [5.74, 6) is 0.500. The Morgan fingerprint density at radius 2 is 2.47 bits per heavy atom. The molecule has 0 aliphatic rings. The summed E-state index contributed by atoms with van der Waals surface area (Å²) in [6.07, 6.45) is 5.59. The molecule has 1 N–H and O–H groups in total. The zero-order chi connectivity index (χ0) is 13.7. The number of hydrogen-bond donors (Lipinski definition) is 1. The van der Waals surface area contributed by atoms with Crippen LogP contribution in [0.4, 0.5) is 0 Å². The van der Waals surface area contributed by atoms with Crippen LogP contribution in [0.25, 0.3) is 6.08 Å². The predicted molar refractivity (Wildman–Crippen MR) is 75.8 cm³/mol. The van der Waals surface area contributed by atoms with Crippen LogP contribution in [0.1, 0.15) is 36.4 Å².